The number of ether oxygens (including phenoxy) is 1. The highest BCUT2D eigenvalue weighted by atomic mass is 127. The highest BCUT2D eigenvalue weighted by molar-refractivity contribution is 5.77. The van der Waals surface area contributed by atoms with E-state index < -0.39 is 0 Å². The third-order valence-electron chi connectivity index (χ3n) is 7.01. The number of quaternary nitrogens is 1. The van der Waals surface area contributed by atoms with Crippen molar-refractivity contribution in [1.82, 2.24) is 0 Å². The second-order valence-electron chi connectivity index (χ2n) is 9.14. The maximum Gasteiger partial charge on any atom is 0.313 e. The molecule has 0 aromatic heterocycles. The molecule has 1 aromatic rings. The number of carbonyl (C=O) groups excluding carboxylic acids is 1. The molecule has 0 spiro atoms. The van der Waals surface area contributed by atoms with E-state index in [1.54, 1.807) is 0 Å². The minimum atomic E-state index is -0.185. The van der Waals surface area contributed by atoms with Crippen LogP contribution in [0.1, 0.15) is 70.4 Å². The lowest BCUT2D eigenvalue weighted by Crippen LogP contribution is -3.00. The Hall–Kier alpha value is -0.620. The zero-order chi connectivity index (χ0) is 18.9. The van der Waals surface area contributed by atoms with Crippen LogP contribution in [0.4, 0.5) is 0 Å². The van der Waals surface area contributed by atoms with Gasteiger partial charge in [-0.1, -0.05) is 38.1 Å². The lowest BCUT2D eigenvalue weighted by molar-refractivity contribution is -0.947. The van der Waals surface area contributed by atoms with E-state index in [4.69, 9.17) is 4.74 Å². The summed E-state index contributed by atoms with van der Waals surface area (Å²) in [5, 5.41) is 0. The lowest BCUT2D eigenvalue weighted by atomic mass is 9.95. The van der Waals surface area contributed by atoms with Crippen LogP contribution < -0.4 is 24.0 Å². The molecule has 3 unspecified atom stereocenters. The van der Waals surface area contributed by atoms with Crippen LogP contribution in [-0.2, 0) is 16.0 Å². The van der Waals surface area contributed by atoms with Gasteiger partial charge in [0.15, 0.2) is 0 Å². The van der Waals surface area contributed by atoms with Crippen molar-refractivity contribution >= 4 is 5.97 Å². The average molecular weight is 485 g/mol. The number of hydrogen-bond donors (Lipinski definition) is 0. The van der Waals surface area contributed by atoms with Crippen LogP contribution in [-0.4, -0.2) is 42.2 Å². The van der Waals surface area contributed by atoms with E-state index in [9.17, 15) is 4.79 Å². The largest absolute Gasteiger partial charge is 1.00 e. The number of esters is 1. The number of piperidine rings is 1. The van der Waals surface area contributed by atoms with Gasteiger partial charge in [0.1, 0.15) is 6.10 Å². The molecule has 152 valence electrons. The van der Waals surface area contributed by atoms with Crippen molar-refractivity contribution in [3.05, 3.63) is 35.4 Å². The molecule has 2 saturated heterocycles. The highest BCUT2D eigenvalue weighted by Crippen LogP contribution is 2.42. The van der Waals surface area contributed by atoms with Gasteiger partial charge in [0, 0.05) is 25.7 Å². The summed E-state index contributed by atoms with van der Waals surface area (Å²) in [5.74, 6) is 0.408. The van der Waals surface area contributed by atoms with Gasteiger partial charge < -0.3 is 33.2 Å². The van der Waals surface area contributed by atoms with Crippen LogP contribution in [0.5, 0.6) is 0 Å². The Kier molecular flexibility index (Phi) is 7.77. The van der Waals surface area contributed by atoms with Crippen LogP contribution in [0.3, 0.4) is 0 Å². The standard InChI is InChI=1S/C23H36NO2.HI/c1-6-24(5)20-11-12-21(24)15-22(14-20)26-23(25)17(4)19-9-7-18(8-10-19)13-16(2)3;/h7-10,16-17,20-22H,6,11-15H2,1-5H3;1H/q+1;/p-1. The van der Waals surface area contributed by atoms with E-state index in [1.807, 2.05) is 6.92 Å². The van der Waals surface area contributed by atoms with Gasteiger partial charge in [-0.2, -0.15) is 0 Å². The van der Waals surface area contributed by atoms with E-state index in [1.165, 1.54) is 29.4 Å². The molecule has 0 amide bonds. The average Bonchev–Trinajstić information content (AvgIpc) is 2.78. The van der Waals surface area contributed by atoms with Crippen LogP contribution in [0.2, 0.25) is 0 Å². The topological polar surface area (TPSA) is 26.3 Å². The fraction of sp³-hybridized carbons (Fsp3) is 0.696. The summed E-state index contributed by atoms with van der Waals surface area (Å²) in [7, 11) is 2.39. The van der Waals surface area contributed by atoms with Gasteiger partial charge in [0.05, 0.1) is 31.6 Å². The Bertz CT molecular complexity index is 614. The molecule has 2 aliphatic heterocycles. The number of carbonyl (C=O) groups is 1. The summed E-state index contributed by atoms with van der Waals surface area (Å²) < 4.78 is 7.15. The quantitative estimate of drug-likeness (QED) is 0.349. The second-order valence-corrected chi connectivity index (χ2v) is 9.14. The smallest absolute Gasteiger partial charge is 0.313 e. The van der Waals surface area contributed by atoms with Gasteiger partial charge in [-0.15, -0.1) is 0 Å². The molecule has 0 N–H and O–H groups in total. The second kappa shape index (κ2) is 9.25. The molecule has 2 aliphatic rings. The van der Waals surface area contributed by atoms with Crippen molar-refractivity contribution in [1.29, 1.82) is 0 Å². The third-order valence-corrected chi connectivity index (χ3v) is 7.01. The molecule has 3 atom stereocenters. The molecule has 2 fully saturated rings. The first kappa shape index (κ1) is 22.7. The fourth-order valence-electron chi connectivity index (χ4n) is 5.12. The van der Waals surface area contributed by atoms with Gasteiger partial charge in [-0.25, -0.2) is 0 Å². The van der Waals surface area contributed by atoms with Crippen molar-refractivity contribution in [2.45, 2.75) is 83.9 Å². The van der Waals surface area contributed by atoms with Crippen LogP contribution in [0.25, 0.3) is 0 Å². The predicted molar refractivity (Wildman–Crippen MR) is 106 cm³/mol. The highest BCUT2D eigenvalue weighted by Gasteiger charge is 2.51. The van der Waals surface area contributed by atoms with Crippen LogP contribution in [0, 0.1) is 5.92 Å². The summed E-state index contributed by atoms with van der Waals surface area (Å²) in [6, 6.07) is 9.84. The Balaban J connectivity index is 0.00000261. The first-order valence-electron chi connectivity index (χ1n) is 10.5. The Morgan fingerprint density at radius 3 is 2.15 bits per heavy atom. The van der Waals surface area contributed by atoms with Crippen LogP contribution in [0.15, 0.2) is 24.3 Å². The molecule has 0 saturated carbocycles. The molecule has 2 bridgehead atoms. The number of fused-ring (bicyclic) bond motifs is 2. The fourth-order valence-corrected chi connectivity index (χ4v) is 5.12. The molecule has 3 rings (SSSR count). The maximum absolute atomic E-state index is 12.7. The zero-order valence-electron chi connectivity index (χ0n) is 17.6. The van der Waals surface area contributed by atoms with Gasteiger partial charge in [0.2, 0.25) is 0 Å². The Morgan fingerprint density at radius 1 is 1.11 bits per heavy atom. The first-order chi connectivity index (χ1) is 12.3. The van der Waals surface area contributed by atoms with Crippen molar-refractivity contribution < 1.29 is 38.0 Å². The van der Waals surface area contributed by atoms with Gasteiger partial charge >= 0.3 is 5.97 Å². The molecule has 0 radical (unpaired) electrons. The number of nitrogens with zero attached hydrogens (tertiary/aromatic N) is 1. The number of halogens is 1. The summed E-state index contributed by atoms with van der Waals surface area (Å²) in [6.07, 6.45) is 5.84. The number of rotatable bonds is 6. The van der Waals surface area contributed by atoms with Gasteiger partial charge in [0.25, 0.3) is 0 Å². The van der Waals surface area contributed by atoms with Crippen molar-refractivity contribution in [3.63, 3.8) is 0 Å². The summed E-state index contributed by atoms with van der Waals surface area (Å²) >= 11 is 0. The molecular weight excluding hydrogens is 449 g/mol. The van der Waals surface area contributed by atoms with E-state index in [0.29, 0.717) is 18.0 Å². The number of benzene rings is 1. The maximum atomic E-state index is 12.7. The Labute approximate surface area is 182 Å². The summed E-state index contributed by atoms with van der Waals surface area (Å²) in [5.41, 5.74) is 2.40. The SMILES string of the molecule is CC[N+]1(C)C2CCC1CC(OC(=O)C(C)c1ccc(CC(C)C)cc1)C2.[I-]. The molecule has 27 heavy (non-hydrogen) atoms. The van der Waals surface area contributed by atoms with Gasteiger partial charge in [-0.05, 0) is 37.3 Å². The van der Waals surface area contributed by atoms with Gasteiger partial charge in [-0.3, -0.25) is 4.79 Å². The van der Waals surface area contributed by atoms with Crippen molar-refractivity contribution in [2.75, 3.05) is 13.6 Å². The normalized spacial score (nSPS) is 30.7. The van der Waals surface area contributed by atoms with Crippen LogP contribution >= 0.6 is 0 Å². The van der Waals surface area contributed by atoms with E-state index >= 15 is 0 Å². The lowest BCUT2D eigenvalue weighted by Gasteiger charge is -2.46. The van der Waals surface area contributed by atoms with E-state index in [2.05, 4.69) is 52.1 Å². The minimum absolute atomic E-state index is 0. The predicted octanol–water partition coefficient (Wildman–Crippen LogP) is 1.70. The van der Waals surface area contributed by atoms with Crippen molar-refractivity contribution in [3.8, 4) is 0 Å². The van der Waals surface area contributed by atoms with E-state index in [-0.39, 0.29) is 42.0 Å². The summed E-state index contributed by atoms with van der Waals surface area (Å²) in [4.78, 5) is 12.7. The molecule has 4 heteroatoms. The Morgan fingerprint density at radius 2 is 1.67 bits per heavy atom. The molecular formula is C23H36INO2. The molecule has 1 aromatic carbocycles. The monoisotopic (exact) mass is 485 g/mol. The summed E-state index contributed by atoms with van der Waals surface area (Å²) in [6.45, 7) is 9.92. The molecule has 0 aliphatic carbocycles. The minimum Gasteiger partial charge on any atom is -1.00 e. The molecule has 3 nitrogen and oxygen atoms in total. The number of hydrogen-bond acceptors (Lipinski definition) is 2. The van der Waals surface area contributed by atoms with E-state index in [0.717, 1.165) is 24.8 Å². The molecule has 2 heterocycles. The first-order valence-corrected chi connectivity index (χ1v) is 10.5. The third kappa shape index (κ3) is 4.87. The zero-order valence-corrected chi connectivity index (χ0v) is 19.7. The van der Waals surface area contributed by atoms with Crippen molar-refractivity contribution in [2.24, 2.45) is 5.92 Å².